The number of halogens is 1. The Morgan fingerprint density at radius 3 is 2.61 bits per heavy atom. The first-order chi connectivity index (χ1) is 13.4. The van der Waals surface area contributed by atoms with Gasteiger partial charge >= 0.3 is 11.7 Å². The predicted octanol–water partition coefficient (Wildman–Crippen LogP) is 2.31. The Bertz CT molecular complexity index is 1160. The van der Waals surface area contributed by atoms with Gasteiger partial charge in [0.25, 0.3) is 5.56 Å². The molecule has 0 amide bonds. The van der Waals surface area contributed by atoms with Crippen LogP contribution < -0.4 is 11.2 Å². The van der Waals surface area contributed by atoms with E-state index in [0.29, 0.717) is 10.7 Å². The van der Waals surface area contributed by atoms with Gasteiger partial charge in [-0.1, -0.05) is 17.7 Å². The molecule has 2 aromatic heterocycles. The number of carbonyl (C=O) groups excluding carboxylic acids is 1. The van der Waals surface area contributed by atoms with Crippen molar-refractivity contribution in [3.63, 3.8) is 0 Å². The van der Waals surface area contributed by atoms with Crippen LogP contribution >= 0.6 is 11.6 Å². The van der Waals surface area contributed by atoms with E-state index >= 15 is 0 Å². The van der Waals surface area contributed by atoms with Crippen LogP contribution in [0.2, 0.25) is 5.02 Å². The average molecular weight is 403 g/mol. The predicted molar refractivity (Wildman–Crippen MR) is 106 cm³/mol. The van der Waals surface area contributed by atoms with Crippen LogP contribution in [0.4, 0.5) is 0 Å². The summed E-state index contributed by atoms with van der Waals surface area (Å²) >= 11 is 5.95. The maximum absolute atomic E-state index is 13.0. The van der Waals surface area contributed by atoms with E-state index in [0.717, 1.165) is 4.57 Å². The minimum Gasteiger partial charge on any atom is -0.464 e. The molecule has 1 unspecified atom stereocenters. The molecule has 0 N–H and O–H groups in total. The molecule has 0 bridgehead atoms. The maximum atomic E-state index is 13.0. The number of nitrogens with zero attached hydrogens (tertiary/aromatic N) is 4. The summed E-state index contributed by atoms with van der Waals surface area (Å²) in [6, 6.07) is 5.79. The Hall–Kier alpha value is -3.13. The lowest BCUT2D eigenvalue weighted by Crippen LogP contribution is -2.40. The molecular weight excluding hydrogens is 384 g/mol. The number of carbonyl (C=O) groups is 1. The molecular formula is C19H19ClN4O4. The topological polar surface area (TPSA) is 88.1 Å². The van der Waals surface area contributed by atoms with Crippen LogP contribution in [-0.2, 0) is 16.1 Å². The van der Waals surface area contributed by atoms with Crippen molar-refractivity contribution in [2.75, 3.05) is 6.61 Å². The van der Waals surface area contributed by atoms with Crippen LogP contribution in [0.5, 0.6) is 0 Å². The molecule has 0 saturated carbocycles. The van der Waals surface area contributed by atoms with Gasteiger partial charge < -0.3 is 9.30 Å². The van der Waals surface area contributed by atoms with Gasteiger partial charge in [0.05, 0.1) is 18.6 Å². The highest BCUT2D eigenvalue weighted by Crippen LogP contribution is 2.19. The highest BCUT2D eigenvalue weighted by molar-refractivity contribution is 6.30. The number of imidazole rings is 1. The summed E-state index contributed by atoms with van der Waals surface area (Å²) in [7, 11) is 0. The Labute approximate surface area is 165 Å². The van der Waals surface area contributed by atoms with Gasteiger partial charge in [0, 0.05) is 11.6 Å². The fraction of sp³-hybridized carbons (Fsp3) is 0.263. The lowest BCUT2D eigenvalue weighted by atomic mass is 10.3. The van der Waals surface area contributed by atoms with Crippen LogP contribution in [0, 0.1) is 0 Å². The SMILES string of the molecule is C=CCn1c(=O)c2c(ncn2C(C)C(=O)OCC)n(-c2ccc(Cl)cc2)c1=O. The van der Waals surface area contributed by atoms with E-state index in [9.17, 15) is 14.4 Å². The van der Waals surface area contributed by atoms with E-state index in [2.05, 4.69) is 11.6 Å². The molecule has 2 heterocycles. The van der Waals surface area contributed by atoms with Crippen LogP contribution in [0.3, 0.4) is 0 Å². The summed E-state index contributed by atoms with van der Waals surface area (Å²) in [5.41, 5.74) is -0.357. The number of rotatable bonds is 6. The zero-order valence-corrected chi connectivity index (χ0v) is 16.2. The number of aromatic nitrogens is 4. The minimum absolute atomic E-state index is 0.0141. The van der Waals surface area contributed by atoms with Gasteiger partial charge in [0.15, 0.2) is 11.2 Å². The lowest BCUT2D eigenvalue weighted by Gasteiger charge is -2.15. The van der Waals surface area contributed by atoms with Crippen molar-refractivity contribution in [3.05, 3.63) is 69.1 Å². The standard InChI is InChI=1S/C19H19ClN4O4/c1-4-10-22-17(25)15-16(21-11-23(15)12(3)18(26)28-5-2)24(19(22)27)14-8-6-13(20)7-9-14/h4,6-9,11-12H,1,5,10H2,2-3H3. The number of hydrogen-bond acceptors (Lipinski definition) is 5. The Kier molecular flexibility index (Phi) is 5.51. The van der Waals surface area contributed by atoms with Gasteiger partial charge in [-0.25, -0.2) is 19.1 Å². The molecule has 3 aromatic rings. The van der Waals surface area contributed by atoms with Crippen LogP contribution in [0.25, 0.3) is 16.9 Å². The largest absolute Gasteiger partial charge is 0.464 e. The molecule has 0 radical (unpaired) electrons. The molecule has 0 aliphatic heterocycles. The van der Waals surface area contributed by atoms with Crippen molar-refractivity contribution >= 4 is 28.7 Å². The first-order valence-electron chi connectivity index (χ1n) is 8.66. The van der Waals surface area contributed by atoms with Crippen molar-refractivity contribution in [1.82, 2.24) is 18.7 Å². The van der Waals surface area contributed by atoms with Crippen LogP contribution in [0.1, 0.15) is 19.9 Å². The van der Waals surface area contributed by atoms with E-state index in [-0.39, 0.29) is 24.3 Å². The average Bonchev–Trinajstić information content (AvgIpc) is 3.11. The van der Waals surface area contributed by atoms with E-state index in [1.54, 1.807) is 38.1 Å². The number of hydrogen-bond donors (Lipinski definition) is 0. The van der Waals surface area contributed by atoms with E-state index in [1.807, 2.05) is 0 Å². The second-order valence-electron chi connectivity index (χ2n) is 6.05. The highest BCUT2D eigenvalue weighted by atomic mass is 35.5. The van der Waals surface area contributed by atoms with Gasteiger partial charge in [-0.3, -0.25) is 9.36 Å². The van der Waals surface area contributed by atoms with Crippen LogP contribution in [-0.4, -0.2) is 31.3 Å². The van der Waals surface area contributed by atoms with E-state index < -0.39 is 23.3 Å². The maximum Gasteiger partial charge on any atom is 0.337 e. The molecule has 0 spiro atoms. The third-order valence-electron chi connectivity index (χ3n) is 4.30. The second-order valence-corrected chi connectivity index (χ2v) is 6.49. The van der Waals surface area contributed by atoms with Gasteiger partial charge in [-0.15, -0.1) is 6.58 Å². The number of ether oxygens (including phenoxy) is 1. The second kappa shape index (κ2) is 7.85. The zero-order chi connectivity index (χ0) is 20.4. The monoisotopic (exact) mass is 402 g/mol. The van der Waals surface area contributed by atoms with Crippen molar-refractivity contribution in [3.8, 4) is 5.69 Å². The van der Waals surface area contributed by atoms with Crippen molar-refractivity contribution in [2.24, 2.45) is 0 Å². The van der Waals surface area contributed by atoms with Gasteiger partial charge in [0.2, 0.25) is 0 Å². The summed E-state index contributed by atoms with van der Waals surface area (Å²) in [6.07, 6.45) is 2.81. The fourth-order valence-corrected chi connectivity index (χ4v) is 3.06. The first-order valence-corrected chi connectivity index (χ1v) is 9.04. The van der Waals surface area contributed by atoms with E-state index in [4.69, 9.17) is 16.3 Å². The fourth-order valence-electron chi connectivity index (χ4n) is 2.93. The van der Waals surface area contributed by atoms with Gasteiger partial charge in [0.1, 0.15) is 6.04 Å². The summed E-state index contributed by atoms with van der Waals surface area (Å²) in [6.45, 7) is 7.14. The van der Waals surface area contributed by atoms with Crippen LogP contribution in [0.15, 0.2) is 52.8 Å². The quantitative estimate of drug-likeness (QED) is 0.466. The molecule has 1 atom stereocenters. The van der Waals surface area contributed by atoms with E-state index in [1.165, 1.54) is 21.5 Å². The number of esters is 1. The Morgan fingerprint density at radius 2 is 2.00 bits per heavy atom. The van der Waals surface area contributed by atoms with Crippen molar-refractivity contribution in [2.45, 2.75) is 26.4 Å². The molecule has 0 fully saturated rings. The van der Waals surface area contributed by atoms with Gasteiger partial charge in [-0.05, 0) is 38.1 Å². The molecule has 3 rings (SSSR count). The molecule has 0 aliphatic rings. The lowest BCUT2D eigenvalue weighted by molar-refractivity contribution is -0.146. The first kappa shape index (κ1) is 19.6. The molecule has 1 aromatic carbocycles. The van der Waals surface area contributed by atoms with Gasteiger partial charge in [-0.2, -0.15) is 0 Å². The third-order valence-corrected chi connectivity index (χ3v) is 4.55. The molecule has 0 aliphatic carbocycles. The summed E-state index contributed by atoms with van der Waals surface area (Å²) in [4.78, 5) is 42.4. The normalized spacial score (nSPS) is 12.1. The third kappa shape index (κ3) is 3.27. The number of fused-ring (bicyclic) bond motifs is 1. The molecule has 146 valence electrons. The highest BCUT2D eigenvalue weighted by Gasteiger charge is 2.24. The molecule has 28 heavy (non-hydrogen) atoms. The molecule has 9 heteroatoms. The Balaban J connectivity index is 2.36. The van der Waals surface area contributed by atoms with Crippen molar-refractivity contribution in [1.29, 1.82) is 0 Å². The summed E-state index contributed by atoms with van der Waals surface area (Å²) in [5.74, 6) is -0.499. The summed E-state index contributed by atoms with van der Waals surface area (Å²) < 4.78 is 8.82. The minimum atomic E-state index is -0.786. The number of benzene rings is 1. The number of allylic oxidation sites excluding steroid dienone is 1. The molecule has 0 saturated heterocycles. The van der Waals surface area contributed by atoms with Crippen molar-refractivity contribution < 1.29 is 9.53 Å². The Morgan fingerprint density at radius 1 is 1.32 bits per heavy atom. The summed E-state index contributed by atoms with van der Waals surface area (Å²) in [5, 5.41) is 0.508. The molecule has 8 nitrogen and oxygen atoms in total. The smallest absolute Gasteiger partial charge is 0.337 e. The zero-order valence-electron chi connectivity index (χ0n) is 15.5.